The maximum absolute atomic E-state index is 5.00. The van der Waals surface area contributed by atoms with Crippen molar-refractivity contribution in [2.75, 3.05) is 25.0 Å². The van der Waals surface area contributed by atoms with Crippen LogP contribution in [0.2, 0.25) is 0 Å². The number of fused-ring (bicyclic) bond motifs is 3. The molecular weight excluding hydrogens is 338 g/mol. The van der Waals surface area contributed by atoms with Crippen molar-refractivity contribution in [2.24, 2.45) is 7.05 Å². The van der Waals surface area contributed by atoms with Crippen LogP contribution in [0.3, 0.4) is 0 Å². The van der Waals surface area contributed by atoms with Gasteiger partial charge in [-0.3, -0.25) is 14.6 Å². The summed E-state index contributed by atoms with van der Waals surface area (Å²) in [6.07, 6.45) is 5.55. The van der Waals surface area contributed by atoms with E-state index in [1.807, 2.05) is 36.9 Å². The zero-order valence-electron chi connectivity index (χ0n) is 16.1. The van der Waals surface area contributed by atoms with E-state index < -0.39 is 0 Å². The second kappa shape index (κ2) is 6.27. The predicted molar refractivity (Wildman–Crippen MR) is 106 cm³/mol. The van der Waals surface area contributed by atoms with Crippen molar-refractivity contribution >= 4 is 16.9 Å². The zero-order chi connectivity index (χ0) is 18.5. The van der Waals surface area contributed by atoms with Gasteiger partial charge < -0.3 is 4.90 Å². The minimum absolute atomic E-state index is 0.595. The molecule has 2 aliphatic heterocycles. The van der Waals surface area contributed by atoms with Crippen LogP contribution in [0.1, 0.15) is 25.0 Å². The Bertz CT molecular complexity index is 981. The quantitative estimate of drug-likeness (QED) is 0.697. The molecule has 2 bridgehead atoms. The number of nitrogens with zero attached hydrogens (tertiary/aromatic N) is 7. The lowest BCUT2D eigenvalue weighted by atomic mass is 10.1. The summed E-state index contributed by atoms with van der Waals surface area (Å²) in [5.41, 5.74) is 2.66. The molecule has 3 aromatic rings. The smallest absolute Gasteiger partial charge is 0.182 e. The summed E-state index contributed by atoms with van der Waals surface area (Å²) in [6, 6.07) is 7.15. The Morgan fingerprint density at radius 3 is 2.70 bits per heavy atom. The van der Waals surface area contributed by atoms with Crippen molar-refractivity contribution in [1.29, 1.82) is 0 Å². The fraction of sp³-hybridized carbons (Fsp3) is 0.500. The van der Waals surface area contributed by atoms with E-state index in [9.17, 15) is 0 Å². The Balaban J connectivity index is 1.66. The number of hydrogen-bond donors (Lipinski definition) is 0. The lowest BCUT2D eigenvalue weighted by molar-refractivity contribution is 0.254. The van der Waals surface area contributed by atoms with Gasteiger partial charge in [0.1, 0.15) is 11.5 Å². The van der Waals surface area contributed by atoms with Crippen molar-refractivity contribution in [2.45, 2.75) is 38.3 Å². The average Bonchev–Trinajstić information content (AvgIpc) is 3.10. The van der Waals surface area contributed by atoms with Crippen molar-refractivity contribution < 1.29 is 0 Å². The normalized spacial score (nSPS) is 23.1. The third-order valence-electron chi connectivity index (χ3n) is 6.18. The highest BCUT2D eigenvalue weighted by Crippen LogP contribution is 2.34. The molecule has 2 saturated heterocycles. The fourth-order valence-electron chi connectivity index (χ4n) is 4.66. The lowest BCUT2D eigenvalue weighted by Gasteiger charge is -2.27. The topological polar surface area (TPSA) is 63.0 Å². The Morgan fingerprint density at radius 1 is 1.04 bits per heavy atom. The van der Waals surface area contributed by atoms with Crippen LogP contribution in [-0.4, -0.2) is 61.9 Å². The van der Waals surface area contributed by atoms with Crippen LogP contribution in [0, 0.1) is 6.92 Å². The van der Waals surface area contributed by atoms with Gasteiger partial charge in [0.15, 0.2) is 11.5 Å². The third kappa shape index (κ3) is 2.68. The standard InChI is InChI=1S/C20H25N7/c1-13-17-19(26(3)24-13)22-18(16-6-4-5-10-21-16)23-20(17)27-11-9-14-7-8-15(12-27)25(14)2/h4-6,10,14-15H,7-9,11-12H2,1-3H3/t14-,15+/m0/s1. The van der Waals surface area contributed by atoms with Crippen LogP contribution < -0.4 is 4.90 Å². The summed E-state index contributed by atoms with van der Waals surface area (Å²) in [4.78, 5) is 19.3. The molecule has 27 heavy (non-hydrogen) atoms. The van der Waals surface area contributed by atoms with E-state index in [1.54, 1.807) is 6.20 Å². The second-order valence-electron chi connectivity index (χ2n) is 7.78. The second-order valence-corrected chi connectivity index (χ2v) is 7.78. The SMILES string of the molecule is Cc1nn(C)c2nc(-c3ccccn3)nc(N3CC[C@@H]4CC[C@H](C3)N4C)c12. The zero-order valence-corrected chi connectivity index (χ0v) is 16.1. The van der Waals surface area contributed by atoms with Crippen LogP contribution in [-0.2, 0) is 7.05 Å². The number of aromatic nitrogens is 5. The molecule has 0 N–H and O–H groups in total. The Hall–Kier alpha value is -2.54. The van der Waals surface area contributed by atoms with Gasteiger partial charge in [0.25, 0.3) is 0 Å². The Kier molecular flexibility index (Phi) is 3.86. The number of pyridine rings is 1. The van der Waals surface area contributed by atoms with Gasteiger partial charge in [-0.25, -0.2) is 9.97 Å². The average molecular weight is 363 g/mol. The molecule has 5 rings (SSSR count). The molecule has 5 heterocycles. The van der Waals surface area contributed by atoms with Crippen LogP contribution >= 0.6 is 0 Å². The lowest BCUT2D eigenvalue weighted by Crippen LogP contribution is -2.37. The van der Waals surface area contributed by atoms with Gasteiger partial charge in [-0.05, 0) is 45.4 Å². The third-order valence-corrected chi connectivity index (χ3v) is 6.18. The monoisotopic (exact) mass is 363 g/mol. The van der Waals surface area contributed by atoms with E-state index in [4.69, 9.17) is 9.97 Å². The first-order chi connectivity index (χ1) is 13.1. The highest BCUT2D eigenvalue weighted by molar-refractivity contribution is 5.91. The molecule has 7 nitrogen and oxygen atoms in total. The van der Waals surface area contributed by atoms with E-state index in [0.29, 0.717) is 17.9 Å². The predicted octanol–water partition coefficient (Wildman–Crippen LogP) is 2.41. The van der Waals surface area contributed by atoms with Gasteiger partial charge in [-0.1, -0.05) is 6.07 Å². The molecule has 0 aliphatic carbocycles. The van der Waals surface area contributed by atoms with Crippen LogP contribution in [0.25, 0.3) is 22.6 Å². The fourth-order valence-corrected chi connectivity index (χ4v) is 4.66. The van der Waals surface area contributed by atoms with Crippen molar-refractivity contribution in [3.63, 3.8) is 0 Å². The van der Waals surface area contributed by atoms with Gasteiger partial charge in [-0.15, -0.1) is 0 Å². The molecule has 0 unspecified atom stereocenters. The van der Waals surface area contributed by atoms with Crippen molar-refractivity contribution in [3.8, 4) is 11.5 Å². The molecule has 0 amide bonds. The first-order valence-corrected chi connectivity index (χ1v) is 9.71. The Labute approximate surface area is 159 Å². The molecule has 2 atom stereocenters. The largest absolute Gasteiger partial charge is 0.354 e. The van der Waals surface area contributed by atoms with E-state index in [0.717, 1.165) is 41.3 Å². The maximum Gasteiger partial charge on any atom is 0.182 e. The summed E-state index contributed by atoms with van der Waals surface area (Å²) in [5.74, 6) is 1.68. The summed E-state index contributed by atoms with van der Waals surface area (Å²) < 4.78 is 1.86. The first kappa shape index (κ1) is 16.6. The molecule has 2 aliphatic rings. The van der Waals surface area contributed by atoms with Gasteiger partial charge in [0.05, 0.1) is 11.1 Å². The van der Waals surface area contributed by atoms with E-state index in [-0.39, 0.29) is 0 Å². The van der Waals surface area contributed by atoms with Crippen LogP contribution in [0.5, 0.6) is 0 Å². The number of aryl methyl sites for hydroxylation is 2. The molecule has 0 radical (unpaired) electrons. The highest BCUT2D eigenvalue weighted by atomic mass is 15.3. The molecule has 2 fully saturated rings. The van der Waals surface area contributed by atoms with E-state index in [2.05, 4.69) is 26.9 Å². The van der Waals surface area contributed by atoms with Crippen LogP contribution in [0.15, 0.2) is 24.4 Å². The summed E-state index contributed by atoms with van der Waals surface area (Å²) in [7, 11) is 4.22. The van der Waals surface area contributed by atoms with E-state index in [1.165, 1.54) is 19.3 Å². The maximum atomic E-state index is 5.00. The first-order valence-electron chi connectivity index (χ1n) is 9.71. The minimum Gasteiger partial charge on any atom is -0.354 e. The number of rotatable bonds is 2. The van der Waals surface area contributed by atoms with Gasteiger partial charge in [-0.2, -0.15) is 5.10 Å². The molecular formula is C20H25N7. The summed E-state index contributed by atoms with van der Waals surface area (Å²) in [5, 5.41) is 5.69. The number of anilines is 1. The molecule has 7 heteroatoms. The summed E-state index contributed by atoms with van der Waals surface area (Å²) >= 11 is 0. The molecule has 0 aromatic carbocycles. The molecule has 0 spiro atoms. The highest BCUT2D eigenvalue weighted by Gasteiger charge is 2.36. The number of hydrogen-bond acceptors (Lipinski definition) is 6. The molecule has 0 saturated carbocycles. The summed E-state index contributed by atoms with van der Waals surface area (Å²) in [6.45, 7) is 4.08. The van der Waals surface area contributed by atoms with Gasteiger partial charge in [0.2, 0.25) is 0 Å². The van der Waals surface area contributed by atoms with Gasteiger partial charge >= 0.3 is 0 Å². The van der Waals surface area contributed by atoms with Crippen molar-refractivity contribution in [1.82, 2.24) is 29.6 Å². The van der Waals surface area contributed by atoms with E-state index >= 15 is 0 Å². The van der Waals surface area contributed by atoms with Gasteiger partial charge in [0, 0.05) is 38.4 Å². The minimum atomic E-state index is 0.595. The number of likely N-dealkylation sites (N-methyl/N-ethyl adjacent to an activating group) is 1. The molecule has 140 valence electrons. The van der Waals surface area contributed by atoms with Crippen molar-refractivity contribution in [3.05, 3.63) is 30.1 Å². The molecule has 3 aromatic heterocycles. The Morgan fingerprint density at radius 2 is 1.89 bits per heavy atom. The van der Waals surface area contributed by atoms with Crippen LogP contribution in [0.4, 0.5) is 5.82 Å².